The number of carboxylic acids is 1. The van der Waals surface area contributed by atoms with Crippen molar-refractivity contribution < 1.29 is 18.7 Å². The quantitative estimate of drug-likeness (QED) is 0.711. The second-order valence-electron chi connectivity index (χ2n) is 3.54. The van der Waals surface area contributed by atoms with Crippen LogP contribution >= 0.6 is 11.6 Å². The molecule has 1 N–H and O–H groups in total. The smallest absolute Gasteiger partial charge is 0.316 e. The normalized spacial score (nSPS) is 21.5. The minimum atomic E-state index is -2.89. The van der Waals surface area contributed by atoms with Crippen molar-refractivity contribution >= 4 is 17.6 Å². The van der Waals surface area contributed by atoms with Gasteiger partial charge in [-0.2, -0.15) is 0 Å². The van der Waals surface area contributed by atoms with Gasteiger partial charge in [0.25, 0.3) is 6.43 Å². The highest BCUT2D eigenvalue weighted by molar-refractivity contribution is 6.19. The van der Waals surface area contributed by atoms with Crippen LogP contribution in [0, 0.1) is 11.3 Å². The SMILES string of the molecule is O=C(O)C(CCl)(CC1CC1)C(F)F. The van der Waals surface area contributed by atoms with Crippen molar-refractivity contribution in [2.75, 3.05) is 5.88 Å². The minimum Gasteiger partial charge on any atom is -0.481 e. The molecule has 0 heterocycles. The number of carboxylic acid groups (broad SMARTS) is 1. The topological polar surface area (TPSA) is 37.3 Å². The molecule has 76 valence electrons. The third-order valence-electron chi connectivity index (χ3n) is 2.43. The van der Waals surface area contributed by atoms with Crippen LogP contribution < -0.4 is 0 Å². The van der Waals surface area contributed by atoms with Crippen LogP contribution in [0.3, 0.4) is 0 Å². The molecule has 1 saturated carbocycles. The van der Waals surface area contributed by atoms with Gasteiger partial charge >= 0.3 is 5.97 Å². The minimum absolute atomic E-state index is 0.00347. The summed E-state index contributed by atoms with van der Waals surface area (Å²) in [6, 6.07) is 0. The van der Waals surface area contributed by atoms with Crippen LogP contribution in [0.4, 0.5) is 8.78 Å². The Kier molecular flexibility index (Phi) is 3.11. The predicted octanol–water partition coefficient (Wildman–Crippen LogP) is 2.36. The van der Waals surface area contributed by atoms with Gasteiger partial charge in [0.05, 0.1) is 0 Å². The van der Waals surface area contributed by atoms with E-state index >= 15 is 0 Å². The molecule has 13 heavy (non-hydrogen) atoms. The Morgan fingerprint density at radius 1 is 1.62 bits per heavy atom. The van der Waals surface area contributed by atoms with Crippen LogP contribution in [-0.4, -0.2) is 23.4 Å². The van der Waals surface area contributed by atoms with Gasteiger partial charge in [-0.1, -0.05) is 12.8 Å². The molecular weight excluding hydrogens is 202 g/mol. The molecule has 0 aromatic carbocycles. The van der Waals surface area contributed by atoms with Gasteiger partial charge in [0.15, 0.2) is 0 Å². The van der Waals surface area contributed by atoms with Crippen molar-refractivity contribution in [1.29, 1.82) is 0 Å². The van der Waals surface area contributed by atoms with E-state index < -0.39 is 23.7 Å². The molecule has 1 aliphatic rings. The lowest BCUT2D eigenvalue weighted by Gasteiger charge is -2.25. The average Bonchev–Trinajstić information content (AvgIpc) is 2.82. The summed E-state index contributed by atoms with van der Waals surface area (Å²) in [5.74, 6) is -1.87. The van der Waals surface area contributed by atoms with Gasteiger partial charge in [0.2, 0.25) is 0 Å². The molecule has 0 aromatic heterocycles. The fourth-order valence-corrected chi connectivity index (χ4v) is 1.62. The summed E-state index contributed by atoms with van der Waals surface area (Å²) < 4.78 is 25.1. The number of hydrogen-bond donors (Lipinski definition) is 1. The standard InChI is InChI=1S/C8H11ClF2O2/c9-4-8(6(10)11,7(12)13)3-5-1-2-5/h5-6H,1-4H2,(H,12,13). The van der Waals surface area contributed by atoms with E-state index in [2.05, 4.69) is 0 Å². The van der Waals surface area contributed by atoms with Crippen molar-refractivity contribution in [3.8, 4) is 0 Å². The van der Waals surface area contributed by atoms with E-state index in [1.165, 1.54) is 0 Å². The van der Waals surface area contributed by atoms with Gasteiger partial charge in [-0.25, -0.2) is 8.78 Å². The van der Waals surface area contributed by atoms with Gasteiger partial charge in [0.1, 0.15) is 5.41 Å². The lowest BCUT2D eigenvalue weighted by molar-refractivity contribution is -0.158. The third-order valence-corrected chi connectivity index (χ3v) is 2.91. The number of halogens is 3. The maximum Gasteiger partial charge on any atom is 0.316 e. The van der Waals surface area contributed by atoms with Gasteiger partial charge in [-0.3, -0.25) is 4.79 Å². The first-order valence-electron chi connectivity index (χ1n) is 4.10. The fourth-order valence-electron chi connectivity index (χ4n) is 1.28. The zero-order chi connectivity index (χ0) is 10.1. The van der Waals surface area contributed by atoms with E-state index in [1.54, 1.807) is 0 Å². The molecular formula is C8H11ClF2O2. The number of hydrogen-bond acceptors (Lipinski definition) is 1. The highest BCUT2D eigenvalue weighted by atomic mass is 35.5. The Balaban J connectivity index is 2.73. The van der Waals surface area contributed by atoms with Crippen LogP contribution in [0.5, 0.6) is 0 Å². The zero-order valence-corrected chi connectivity index (χ0v) is 7.73. The summed E-state index contributed by atoms with van der Waals surface area (Å²) >= 11 is 5.33. The molecule has 1 atom stereocenters. The van der Waals surface area contributed by atoms with Crippen LogP contribution in [0.15, 0.2) is 0 Å². The Morgan fingerprint density at radius 2 is 2.15 bits per heavy atom. The van der Waals surface area contributed by atoms with E-state index in [9.17, 15) is 13.6 Å². The van der Waals surface area contributed by atoms with E-state index in [0.29, 0.717) is 0 Å². The molecule has 0 aliphatic heterocycles. The van der Waals surface area contributed by atoms with E-state index in [-0.39, 0.29) is 12.3 Å². The fraction of sp³-hybridized carbons (Fsp3) is 0.875. The number of aliphatic carboxylic acids is 1. The molecule has 1 aliphatic carbocycles. The summed E-state index contributed by atoms with van der Waals surface area (Å²) in [6.45, 7) is 0. The molecule has 1 rings (SSSR count). The largest absolute Gasteiger partial charge is 0.481 e. The van der Waals surface area contributed by atoms with Crippen molar-refractivity contribution in [3.63, 3.8) is 0 Å². The molecule has 0 saturated heterocycles. The molecule has 5 heteroatoms. The highest BCUT2D eigenvalue weighted by Gasteiger charge is 2.50. The van der Waals surface area contributed by atoms with Crippen molar-refractivity contribution in [1.82, 2.24) is 0 Å². The summed E-state index contributed by atoms with van der Waals surface area (Å²) in [4.78, 5) is 10.7. The van der Waals surface area contributed by atoms with Crippen molar-refractivity contribution in [3.05, 3.63) is 0 Å². The molecule has 0 radical (unpaired) electrons. The maximum atomic E-state index is 12.5. The van der Waals surface area contributed by atoms with Crippen LogP contribution in [0.2, 0.25) is 0 Å². The first-order chi connectivity index (χ1) is 6.03. The lowest BCUT2D eigenvalue weighted by Crippen LogP contribution is -2.40. The molecule has 0 aromatic rings. The number of rotatable bonds is 5. The first-order valence-corrected chi connectivity index (χ1v) is 4.64. The van der Waals surface area contributed by atoms with Crippen molar-refractivity contribution in [2.24, 2.45) is 11.3 Å². The number of alkyl halides is 3. The predicted molar refractivity (Wildman–Crippen MR) is 44.1 cm³/mol. The van der Waals surface area contributed by atoms with Gasteiger partial charge in [-0.15, -0.1) is 11.6 Å². The summed E-state index contributed by atoms with van der Waals surface area (Å²) in [7, 11) is 0. The molecule has 1 fully saturated rings. The van der Waals surface area contributed by atoms with E-state index in [4.69, 9.17) is 16.7 Å². The monoisotopic (exact) mass is 212 g/mol. The molecule has 0 bridgehead atoms. The highest BCUT2D eigenvalue weighted by Crippen LogP contribution is 2.44. The van der Waals surface area contributed by atoms with Crippen LogP contribution in [0.25, 0.3) is 0 Å². The Morgan fingerprint density at radius 3 is 2.38 bits per heavy atom. The van der Waals surface area contributed by atoms with Gasteiger partial charge < -0.3 is 5.11 Å². The van der Waals surface area contributed by atoms with Gasteiger partial charge in [-0.05, 0) is 12.3 Å². The first kappa shape index (κ1) is 10.7. The van der Waals surface area contributed by atoms with Crippen molar-refractivity contribution in [2.45, 2.75) is 25.7 Å². The zero-order valence-electron chi connectivity index (χ0n) is 6.97. The molecule has 0 amide bonds. The second-order valence-corrected chi connectivity index (χ2v) is 3.81. The number of carbonyl (C=O) groups is 1. The van der Waals surface area contributed by atoms with Crippen LogP contribution in [-0.2, 0) is 4.79 Å². The van der Waals surface area contributed by atoms with E-state index in [0.717, 1.165) is 12.8 Å². The second kappa shape index (κ2) is 3.78. The summed E-state index contributed by atoms with van der Waals surface area (Å²) in [5, 5.41) is 8.71. The Hall–Kier alpha value is -0.380. The summed E-state index contributed by atoms with van der Waals surface area (Å²) in [5.41, 5.74) is -2.03. The van der Waals surface area contributed by atoms with E-state index in [1.807, 2.05) is 0 Å². The molecule has 1 unspecified atom stereocenters. The molecule has 0 spiro atoms. The Labute approximate surface area is 79.9 Å². The van der Waals surface area contributed by atoms with Gasteiger partial charge in [0, 0.05) is 5.88 Å². The average molecular weight is 213 g/mol. The summed E-state index contributed by atoms with van der Waals surface area (Å²) in [6.07, 6.45) is -1.19. The lowest BCUT2D eigenvalue weighted by atomic mass is 9.85. The third kappa shape index (κ3) is 2.10. The maximum absolute atomic E-state index is 12.5. The molecule has 2 nitrogen and oxygen atoms in total. The Bertz CT molecular complexity index is 206. The van der Waals surface area contributed by atoms with Crippen LogP contribution in [0.1, 0.15) is 19.3 Å².